The van der Waals surface area contributed by atoms with Crippen molar-refractivity contribution in [2.75, 3.05) is 38.1 Å². The minimum atomic E-state index is -0.510. The Bertz CT molecular complexity index is 948. The Morgan fingerprint density at radius 2 is 1.52 bits per heavy atom. The lowest BCUT2D eigenvalue weighted by molar-refractivity contribution is -0.116. The van der Waals surface area contributed by atoms with Gasteiger partial charge in [0.25, 0.3) is 11.8 Å². The standard InChI is InChI=1S/C23H25N3O5/c1-3-25(4-2)13-14-31-23(30)16-9-11-17(12-10-16)24-20(27)15-26-21(28)18-7-5-6-8-19(18)22(26)29/h5-12H,3-4,13-15H2,1-2H3,(H,24,27). The molecule has 31 heavy (non-hydrogen) atoms. The van der Waals surface area contributed by atoms with E-state index in [1.807, 2.05) is 13.8 Å². The van der Waals surface area contributed by atoms with Crippen molar-refractivity contribution in [1.82, 2.24) is 9.80 Å². The summed E-state index contributed by atoms with van der Waals surface area (Å²) in [5.41, 5.74) is 1.41. The van der Waals surface area contributed by atoms with Crippen molar-refractivity contribution in [2.45, 2.75) is 13.8 Å². The molecule has 0 spiro atoms. The second-order valence-corrected chi connectivity index (χ2v) is 7.03. The Kier molecular flexibility index (Phi) is 7.15. The lowest BCUT2D eigenvalue weighted by Crippen LogP contribution is -2.37. The number of hydrogen-bond acceptors (Lipinski definition) is 6. The Labute approximate surface area is 180 Å². The van der Waals surface area contributed by atoms with Crippen LogP contribution in [0.15, 0.2) is 48.5 Å². The molecular weight excluding hydrogens is 398 g/mol. The first kappa shape index (κ1) is 22.2. The van der Waals surface area contributed by atoms with Crippen molar-refractivity contribution < 1.29 is 23.9 Å². The maximum atomic E-state index is 12.4. The molecule has 162 valence electrons. The second kappa shape index (κ2) is 9.99. The molecule has 0 aliphatic carbocycles. The average Bonchev–Trinajstić information content (AvgIpc) is 3.02. The number of rotatable bonds is 9. The number of carbonyl (C=O) groups is 4. The number of nitrogens with zero attached hydrogens (tertiary/aromatic N) is 2. The molecule has 0 saturated heterocycles. The normalized spacial score (nSPS) is 12.8. The van der Waals surface area contributed by atoms with Crippen LogP contribution < -0.4 is 5.32 Å². The SMILES string of the molecule is CCN(CC)CCOC(=O)c1ccc(NC(=O)CN2C(=O)c3ccccc3C2=O)cc1. The number of anilines is 1. The van der Waals surface area contributed by atoms with Crippen LogP contribution in [0.3, 0.4) is 0 Å². The zero-order chi connectivity index (χ0) is 22.4. The summed E-state index contributed by atoms with van der Waals surface area (Å²) in [4.78, 5) is 52.3. The quantitative estimate of drug-likeness (QED) is 0.492. The van der Waals surface area contributed by atoms with Gasteiger partial charge in [0.1, 0.15) is 13.2 Å². The van der Waals surface area contributed by atoms with E-state index in [1.165, 1.54) is 0 Å². The van der Waals surface area contributed by atoms with Crippen LogP contribution in [0.1, 0.15) is 44.9 Å². The van der Waals surface area contributed by atoms with Gasteiger partial charge in [0.2, 0.25) is 5.91 Å². The third-order valence-electron chi connectivity index (χ3n) is 5.12. The van der Waals surface area contributed by atoms with Crippen LogP contribution in [0.5, 0.6) is 0 Å². The van der Waals surface area contributed by atoms with Crippen molar-refractivity contribution in [3.8, 4) is 0 Å². The molecular formula is C23H25N3O5. The van der Waals surface area contributed by atoms with Gasteiger partial charge in [0, 0.05) is 12.2 Å². The summed E-state index contributed by atoms with van der Waals surface area (Å²) in [5, 5.41) is 2.63. The van der Waals surface area contributed by atoms with E-state index in [0.717, 1.165) is 18.0 Å². The summed E-state index contributed by atoms with van der Waals surface area (Å²) in [6.07, 6.45) is 0. The topological polar surface area (TPSA) is 96.0 Å². The zero-order valence-electron chi connectivity index (χ0n) is 17.6. The molecule has 1 heterocycles. The molecule has 2 aromatic rings. The van der Waals surface area contributed by atoms with Gasteiger partial charge in [-0.05, 0) is 49.5 Å². The number of likely N-dealkylation sites (N-methyl/N-ethyl adjacent to an activating group) is 1. The summed E-state index contributed by atoms with van der Waals surface area (Å²) in [6.45, 7) is 6.47. The van der Waals surface area contributed by atoms with E-state index >= 15 is 0 Å². The monoisotopic (exact) mass is 423 g/mol. The summed E-state index contributed by atoms with van der Waals surface area (Å²) < 4.78 is 5.28. The number of carbonyl (C=O) groups excluding carboxylic acids is 4. The van der Waals surface area contributed by atoms with Crippen LogP contribution in [-0.4, -0.2) is 66.3 Å². The number of amides is 3. The maximum absolute atomic E-state index is 12.4. The van der Waals surface area contributed by atoms with Gasteiger partial charge in [0.15, 0.2) is 0 Å². The zero-order valence-corrected chi connectivity index (χ0v) is 17.6. The first-order valence-corrected chi connectivity index (χ1v) is 10.2. The summed E-state index contributed by atoms with van der Waals surface area (Å²) in [7, 11) is 0. The Morgan fingerprint density at radius 1 is 0.935 bits per heavy atom. The van der Waals surface area contributed by atoms with E-state index in [0.29, 0.717) is 35.5 Å². The van der Waals surface area contributed by atoms with Crippen LogP contribution in [0.2, 0.25) is 0 Å². The molecule has 3 amide bonds. The van der Waals surface area contributed by atoms with Crippen LogP contribution >= 0.6 is 0 Å². The average molecular weight is 423 g/mol. The molecule has 8 nitrogen and oxygen atoms in total. The number of esters is 1. The highest BCUT2D eigenvalue weighted by molar-refractivity contribution is 6.22. The van der Waals surface area contributed by atoms with E-state index in [9.17, 15) is 19.2 Å². The number of nitrogens with one attached hydrogen (secondary N) is 1. The Balaban J connectivity index is 1.52. The number of fused-ring (bicyclic) bond motifs is 1. The lowest BCUT2D eigenvalue weighted by Gasteiger charge is -2.17. The van der Waals surface area contributed by atoms with Gasteiger partial charge >= 0.3 is 5.97 Å². The van der Waals surface area contributed by atoms with Crippen molar-refractivity contribution in [1.29, 1.82) is 0 Å². The van der Waals surface area contributed by atoms with Gasteiger partial charge in [-0.1, -0.05) is 26.0 Å². The third-order valence-corrected chi connectivity index (χ3v) is 5.12. The minimum Gasteiger partial charge on any atom is -0.461 e. The van der Waals surface area contributed by atoms with Crippen molar-refractivity contribution in [2.24, 2.45) is 0 Å². The van der Waals surface area contributed by atoms with Gasteiger partial charge in [-0.15, -0.1) is 0 Å². The smallest absolute Gasteiger partial charge is 0.338 e. The molecule has 0 bridgehead atoms. The lowest BCUT2D eigenvalue weighted by atomic mass is 10.1. The van der Waals surface area contributed by atoms with Crippen molar-refractivity contribution in [3.05, 3.63) is 65.2 Å². The molecule has 0 atom stereocenters. The van der Waals surface area contributed by atoms with E-state index in [2.05, 4.69) is 10.2 Å². The molecule has 2 aromatic carbocycles. The van der Waals surface area contributed by atoms with Gasteiger partial charge in [0.05, 0.1) is 16.7 Å². The fourth-order valence-corrected chi connectivity index (χ4v) is 3.31. The third kappa shape index (κ3) is 5.16. The van der Waals surface area contributed by atoms with Crippen LogP contribution in [0.25, 0.3) is 0 Å². The Hall–Kier alpha value is -3.52. The molecule has 3 rings (SSSR count). The highest BCUT2D eigenvalue weighted by atomic mass is 16.5. The first-order valence-electron chi connectivity index (χ1n) is 10.2. The summed E-state index contributed by atoms with van der Waals surface area (Å²) >= 11 is 0. The number of benzene rings is 2. The first-order chi connectivity index (χ1) is 14.9. The number of imide groups is 1. The van der Waals surface area contributed by atoms with E-state index < -0.39 is 23.7 Å². The second-order valence-electron chi connectivity index (χ2n) is 7.03. The van der Waals surface area contributed by atoms with Crippen molar-refractivity contribution >= 4 is 29.4 Å². The van der Waals surface area contributed by atoms with E-state index in [-0.39, 0.29) is 6.54 Å². The molecule has 0 radical (unpaired) electrons. The summed E-state index contributed by atoms with van der Waals surface area (Å²) in [6, 6.07) is 12.7. The van der Waals surface area contributed by atoms with Gasteiger partial charge in [-0.3, -0.25) is 19.3 Å². The summed E-state index contributed by atoms with van der Waals surface area (Å²) in [5.74, 6) is -1.92. The van der Waals surface area contributed by atoms with Crippen LogP contribution in [0, 0.1) is 0 Å². The highest BCUT2D eigenvalue weighted by Crippen LogP contribution is 2.22. The van der Waals surface area contributed by atoms with Gasteiger partial charge in [-0.2, -0.15) is 0 Å². The predicted octanol–water partition coefficient (Wildman–Crippen LogP) is 2.42. The van der Waals surface area contributed by atoms with Gasteiger partial charge < -0.3 is 15.0 Å². The molecule has 0 aromatic heterocycles. The van der Waals surface area contributed by atoms with Crippen molar-refractivity contribution in [3.63, 3.8) is 0 Å². The Morgan fingerprint density at radius 3 is 2.06 bits per heavy atom. The van der Waals surface area contributed by atoms with Crippen LogP contribution in [0.4, 0.5) is 5.69 Å². The van der Waals surface area contributed by atoms with Gasteiger partial charge in [-0.25, -0.2) is 4.79 Å². The maximum Gasteiger partial charge on any atom is 0.338 e. The number of hydrogen-bond donors (Lipinski definition) is 1. The van der Waals surface area contributed by atoms with E-state index in [1.54, 1.807) is 48.5 Å². The largest absolute Gasteiger partial charge is 0.461 e. The molecule has 0 unspecified atom stereocenters. The van der Waals surface area contributed by atoms with E-state index in [4.69, 9.17) is 4.74 Å². The molecule has 1 N–H and O–H groups in total. The fraction of sp³-hybridized carbons (Fsp3) is 0.304. The number of ether oxygens (including phenoxy) is 1. The molecule has 0 fully saturated rings. The predicted molar refractivity (Wildman–Crippen MR) is 115 cm³/mol. The van der Waals surface area contributed by atoms with Crippen LogP contribution in [-0.2, 0) is 9.53 Å². The molecule has 1 aliphatic rings. The highest BCUT2D eigenvalue weighted by Gasteiger charge is 2.36. The fourth-order valence-electron chi connectivity index (χ4n) is 3.31. The minimum absolute atomic E-state index is 0.296. The molecule has 8 heteroatoms. The molecule has 1 aliphatic heterocycles. The molecule has 0 saturated carbocycles.